The summed E-state index contributed by atoms with van der Waals surface area (Å²) in [4.78, 5) is 32.6. The maximum absolute atomic E-state index is 13.0. The number of para-hydroxylation sites is 1. The van der Waals surface area contributed by atoms with E-state index in [1.165, 1.54) is 11.8 Å². The average Bonchev–Trinajstić information content (AvgIpc) is 2.57. The number of carbonyl (C=O) groups is 1. The van der Waals surface area contributed by atoms with Crippen molar-refractivity contribution in [1.29, 1.82) is 0 Å². The van der Waals surface area contributed by atoms with Gasteiger partial charge in [0.05, 0.1) is 16.2 Å². The van der Waals surface area contributed by atoms with E-state index in [0.717, 1.165) is 0 Å². The first-order valence-electron chi connectivity index (χ1n) is 9.61. The Balaban J connectivity index is 2.45. The minimum absolute atomic E-state index is 0.0407. The summed E-state index contributed by atoms with van der Waals surface area (Å²) >= 11 is 1.37. The number of thioether (sulfide) groups is 1. The minimum Gasteiger partial charge on any atom is -0.337 e. The summed E-state index contributed by atoms with van der Waals surface area (Å²) in [5, 5.41) is 0.912. The van der Waals surface area contributed by atoms with E-state index in [2.05, 4.69) is 13.8 Å². The Morgan fingerprint density at radius 3 is 2.22 bits per heavy atom. The molecule has 0 fully saturated rings. The lowest BCUT2D eigenvalue weighted by Crippen LogP contribution is -2.45. The Morgan fingerprint density at radius 1 is 1.07 bits per heavy atom. The highest BCUT2D eigenvalue weighted by Crippen LogP contribution is 2.25. The average molecular weight is 390 g/mol. The third-order valence-corrected chi connectivity index (χ3v) is 5.45. The summed E-state index contributed by atoms with van der Waals surface area (Å²) in [5.74, 6) is 0.377. The summed E-state index contributed by atoms with van der Waals surface area (Å²) in [5.41, 5.74) is 0.634. The van der Waals surface area contributed by atoms with Gasteiger partial charge in [-0.1, -0.05) is 37.7 Å². The molecule has 1 heterocycles. The first kappa shape index (κ1) is 21.5. The van der Waals surface area contributed by atoms with Crippen molar-refractivity contribution in [3.05, 3.63) is 34.6 Å². The minimum atomic E-state index is -0.318. The first-order chi connectivity index (χ1) is 12.6. The molecule has 148 valence electrons. The molecule has 1 amide bonds. The SMILES string of the molecule is CC(C)Cn1c(S[C@@H](C)C(=O)N(C(C)C)C(C)C)nc2ccccc2c1=O. The Morgan fingerprint density at radius 2 is 1.67 bits per heavy atom. The zero-order valence-electron chi connectivity index (χ0n) is 17.4. The van der Waals surface area contributed by atoms with E-state index in [1.807, 2.05) is 63.8 Å². The van der Waals surface area contributed by atoms with E-state index in [1.54, 1.807) is 4.57 Å². The second kappa shape index (κ2) is 8.91. The largest absolute Gasteiger partial charge is 0.337 e. The monoisotopic (exact) mass is 389 g/mol. The van der Waals surface area contributed by atoms with E-state index in [-0.39, 0.29) is 28.8 Å². The van der Waals surface area contributed by atoms with E-state index in [0.29, 0.717) is 28.5 Å². The second-order valence-corrected chi connectivity index (χ2v) is 9.22. The predicted molar refractivity (Wildman–Crippen MR) is 113 cm³/mol. The number of hydrogen-bond donors (Lipinski definition) is 0. The van der Waals surface area contributed by atoms with Crippen LogP contribution in [0.25, 0.3) is 10.9 Å². The van der Waals surface area contributed by atoms with Crippen LogP contribution < -0.4 is 5.56 Å². The van der Waals surface area contributed by atoms with Crippen LogP contribution in [0, 0.1) is 5.92 Å². The molecule has 0 aliphatic rings. The molecule has 2 rings (SSSR count). The molecule has 0 aliphatic heterocycles. The van der Waals surface area contributed by atoms with Gasteiger partial charge in [0.25, 0.3) is 5.56 Å². The standard InChI is InChI=1S/C21H31N3O2S/c1-13(2)12-23-20(26)17-10-8-9-11-18(17)22-21(23)27-16(7)19(25)24(14(3)4)15(5)6/h8-11,13-16H,12H2,1-7H3/t16-/m0/s1. The van der Waals surface area contributed by atoms with E-state index < -0.39 is 0 Å². The maximum atomic E-state index is 13.0. The van der Waals surface area contributed by atoms with Crippen LogP contribution in [0.3, 0.4) is 0 Å². The van der Waals surface area contributed by atoms with Crippen LogP contribution in [0.15, 0.2) is 34.2 Å². The van der Waals surface area contributed by atoms with Gasteiger partial charge in [-0.2, -0.15) is 0 Å². The fourth-order valence-electron chi connectivity index (χ4n) is 3.29. The van der Waals surface area contributed by atoms with Gasteiger partial charge in [-0.05, 0) is 52.7 Å². The van der Waals surface area contributed by atoms with Crippen molar-refractivity contribution in [2.75, 3.05) is 0 Å². The van der Waals surface area contributed by atoms with E-state index in [4.69, 9.17) is 4.98 Å². The third kappa shape index (κ3) is 4.92. The van der Waals surface area contributed by atoms with E-state index in [9.17, 15) is 9.59 Å². The van der Waals surface area contributed by atoms with Crippen LogP contribution in [-0.2, 0) is 11.3 Å². The van der Waals surface area contributed by atoms with Gasteiger partial charge in [0.1, 0.15) is 0 Å². The first-order valence-corrected chi connectivity index (χ1v) is 10.5. The van der Waals surface area contributed by atoms with Crippen molar-refractivity contribution < 1.29 is 4.79 Å². The second-order valence-electron chi connectivity index (χ2n) is 7.91. The molecule has 0 N–H and O–H groups in total. The normalized spacial score (nSPS) is 13.0. The van der Waals surface area contributed by atoms with Crippen molar-refractivity contribution in [3.63, 3.8) is 0 Å². The van der Waals surface area contributed by atoms with Gasteiger partial charge >= 0.3 is 0 Å². The summed E-state index contributed by atoms with van der Waals surface area (Å²) in [6, 6.07) is 7.65. The molecule has 0 saturated heterocycles. The molecule has 0 radical (unpaired) electrons. The fraction of sp³-hybridized carbons (Fsp3) is 0.571. The number of benzene rings is 1. The van der Waals surface area contributed by atoms with Crippen LogP contribution in [0.2, 0.25) is 0 Å². The molecule has 0 unspecified atom stereocenters. The van der Waals surface area contributed by atoms with Gasteiger partial charge in [-0.3, -0.25) is 14.2 Å². The van der Waals surface area contributed by atoms with Gasteiger partial charge in [0.15, 0.2) is 5.16 Å². The molecular formula is C21H31N3O2S. The number of nitrogens with zero attached hydrogens (tertiary/aromatic N) is 3. The number of amides is 1. The van der Waals surface area contributed by atoms with Crippen molar-refractivity contribution in [2.24, 2.45) is 5.92 Å². The summed E-state index contributed by atoms with van der Waals surface area (Å²) in [6.07, 6.45) is 0. The lowest BCUT2D eigenvalue weighted by molar-refractivity contribution is -0.133. The smallest absolute Gasteiger partial charge is 0.262 e. The highest BCUT2D eigenvalue weighted by molar-refractivity contribution is 8.00. The van der Waals surface area contributed by atoms with Crippen LogP contribution in [0.1, 0.15) is 48.5 Å². The van der Waals surface area contributed by atoms with Gasteiger partial charge < -0.3 is 4.90 Å². The maximum Gasteiger partial charge on any atom is 0.262 e. The summed E-state index contributed by atoms with van der Waals surface area (Å²) in [6.45, 7) is 14.7. The topological polar surface area (TPSA) is 55.2 Å². The highest BCUT2D eigenvalue weighted by atomic mass is 32.2. The van der Waals surface area contributed by atoms with Gasteiger partial charge in [0, 0.05) is 18.6 Å². The lowest BCUT2D eigenvalue weighted by atomic mass is 10.2. The van der Waals surface area contributed by atoms with Gasteiger partial charge in [0.2, 0.25) is 5.91 Å². The van der Waals surface area contributed by atoms with Crippen molar-refractivity contribution in [2.45, 2.75) is 77.5 Å². The van der Waals surface area contributed by atoms with Crippen LogP contribution in [-0.4, -0.2) is 37.7 Å². The predicted octanol–water partition coefficient (Wildman–Crippen LogP) is 4.18. The number of hydrogen-bond acceptors (Lipinski definition) is 4. The van der Waals surface area contributed by atoms with Crippen LogP contribution in [0.5, 0.6) is 0 Å². The third-order valence-electron chi connectivity index (χ3n) is 4.37. The fourth-order valence-corrected chi connectivity index (χ4v) is 4.26. The summed E-state index contributed by atoms with van der Waals surface area (Å²) < 4.78 is 1.72. The zero-order valence-corrected chi connectivity index (χ0v) is 18.2. The molecule has 27 heavy (non-hydrogen) atoms. The lowest BCUT2D eigenvalue weighted by Gasteiger charge is -2.33. The van der Waals surface area contributed by atoms with E-state index >= 15 is 0 Å². The molecule has 0 spiro atoms. The van der Waals surface area contributed by atoms with Crippen LogP contribution in [0.4, 0.5) is 0 Å². The molecule has 1 aromatic heterocycles. The molecule has 5 nitrogen and oxygen atoms in total. The Labute approximate surface area is 166 Å². The molecule has 2 aromatic rings. The Hall–Kier alpha value is -1.82. The molecule has 6 heteroatoms. The number of carbonyl (C=O) groups excluding carboxylic acids is 1. The Bertz CT molecular complexity index is 850. The summed E-state index contributed by atoms with van der Waals surface area (Å²) in [7, 11) is 0. The van der Waals surface area contributed by atoms with Crippen molar-refractivity contribution >= 4 is 28.6 Å². The highest BCUT2D eigenvalue weighted by Gasteiger charge is 2.27. The molecular weight excluding hydrogens is 358 g/mol. The zero-order chi connectivity index (χ0) is 20.3. The number of fused-ring (bicyclic) bond motifs is 1. The van der Waals surface area contributed by atoms with Gasteiger partial charge in [-0.25, -0.2) is 4.98 Å². The number of aromatic nitrogens is 2. The van der Waals surface area contributed by atoms with Crippen molar-refractivity contribution in [1.82, 2.24) is 14.5 Å². The molecule has 0 bridgehead atoms. The quantitative estimate of drug-likeness (QED) is 0.527. The van der Waals surface area contributed by atoms with Gasteiger partial charge in [-0.15, -0.1) is 0 Å². The Kier molecular flexibility index (Phi) is 7.09. The molecule has 0 saturated carbocycles. The van der Waals surface area contributed by atoms with Crippen molar-refractivity contribution in [3.8, 4) is 0 Å². The molecule has 0 aliphatic carbocycles. The van der Waals surface area contributed by atoms with Crippen LogP contribution >= 0.6 is 11.8 Å². The number of rotatable bonds is 7. The molecule has 1 aromatic carbocycles. The molecule has 1 atom stereocenters.